The third-order valence-corrected chi connectivity index (χ3v) is 6.04. The summed E-state index contributed by atoms with van der Waals surface area (Å²) in [6, 6.07) is 7.29. The first-order valence-electron chi connectivity index (χ1n) is 9.53. The number of imidazole rings is 1. The molecule has 2 aromatic rings. The standard InChI is InChI=1S/C21H23N5O2/c1-12-5-14(7-22)3-4-15(12)21(28)26-9-17-16(18(17)10-26)8-23-20(27)6-19-13(2)24-11-25-19/h3-5,11,16-18H,6,8-10H2,1-2H3,(H,23,27)(H,24,25). The quantitative estimate of drug-likeness (QED) is 0.826. The highest BCUT2D eigenvalue weighted by atomic mass is 16.2. The van der Waals surface area contributed by atoms with E-state index in [1.54, 1.807) is 24.5 Å². The zero-order valence-electron chi connectivity index (χ0n) is 16.0. The molecule has 1 saturated heterocycles. The molecule has 1 aromatic heterocycles. The zero-order valence-corrected chi connectivity index (χ0v) is 16.0. The number of fused-ring (bicyclic) bond motifs is 1. The van der Waals surface area contributed by atoms with Gasteiger partial charge < -0.3 is 15.2 Å². The number of carbonyl (C=O) groups excluding carboxylic acids is 2. The molecule has 1 aliphatic heterocycles. The van der Waals surface area contributed by atoms with Crippen LogP contribution >= 0.6 is 0 Å². The first-order valence-corrected chi connectivity index (χ1v) is 9.53. The van der Waals surface area contributed by atoms with Crippen LogP contribution in [0.4, 0.5) is 0 Å². The smallest absolute Gasteiger partial charge is 0.254 e. The number of amides is 2. The van der Waals surface area contributed by atoms with Crippen LogP contribution in [0.1, 0.15) is 32.9 Å². The second-order valence-electron chi connectivity index (χ2n) is 7.80. The molecule has 144 valence electrons. The van der Waals surface area contributed by atoms with Crippen molar-refractivity contribution in [3.63, 3.8) is 0 Å². The van der Waals surface area contributed by atoms with Crippen molar-refractivity contribution in [3.05, 3.63) is 52.6 Å². The molecule has 2 atom stereocenters. The largest absolute Gasteiger partial charge is 0.355 e. The Morgan fingerprint density at radius 2 is 2.07 bits per heavy atom. The average Bonchev–Trinajstić information content (AvgIpc) is 2.98. The molecule has 7 heteroatoms. The number of nitrogens with zero attached hydrogens (tertiary/aromatic N) is 3. The van der Waals surface area contributed by atoms with E-state index in [-0.39, 0.29) is 11.8 Å². The highest BCUT2D eigenvalue weighted by molar-refractivity contribution is 5.96. The molecule has 0 radical (unpaired) electrons. The van der Waals surface area contributed by atoms with E-state index in [9.17, 15) is 9.59 Å². The van der Waals surface area contributed by atoms with Crippen molar-refractivity contribution in [2.75, 3.05) is 19.6 Å². The number of rotatable bonds is 5. The maximum absolute atomic E-state index is 12.8. The number of nitrogens with one attached hydrogen (secondary N) is 2. The van der Waals surface area contributed by atoms with Crippen LogP contribution in [-0.2, 0) is 11.2 Å². The number of hydrogen-bond acceptors (Lipinski definition) is 4. The van der Waals surface area contributed by atoms with Crippen LogP contribution in [0.15, 0.2) is 24.5 Å². The summed E-state index contributed by atoms with van der Waals surface area (Å²) in [5.41, 5.74) is 3.77. The molecule has 4 rings (SSSR count). The first kappa shape index (κ1) is 18.2. The van der Waals surface area contributed by atoms with Crippen LogP contribution in [0.5, 0.6) is 0 Å². The number of hydrogen-bond donors (Lipinski definition) is 2. The van der Waals surface area contributed by atoms with Gasteiger partial charge in [-0.3, -0.25) is 9.59 Å². The summed E-state index contributed by atoms with van der Waals surface area (Å²) in [6.07, 6.45) is 1.89. The minimum absolute atomic E-state index is 0.0127. The molecule has 7 nitrogen and oxygen atoms in total. The lowest BCUT2D eigenvalue weighted by Gasteiger charge is -2.21. The summed E-state index contributed by atoms with van der Waals surface area (Å²) in [5.74, 6) is 1.41. The third-order valence-electron chi connectivity index (χ3n) is 6.04. The number of nitriles is 1. The fourth-order valence-corrected chi connectivity index (χ4v) is 4.27. The molecular formula is C21H23N5O2. The van der Waals surface area contributed by atoms with E-state index in [2.05, 4.69) is 21.4 Å². The normalized spacial score (nSPS) is 22.5. The van der Waals surface area contributed by atoms with Crippen molar-refractivity contribution in [2.24, 2.45) is 17.8 Å². The van der Waals surface area contributed by atoms with Crippen molar-refractivity contribution < 1.29 is 9.59 Å². The predicted molar refractivity (Wildman–Crippen MR) is 102 cm³/mol. The molecule has 2 aliphatic rings. The number of carbonyl (C=O) groups is 2. The van der Waals surface area contributed by atoms with Crippen LogP contribution in [-0.4, -0.2) is 46.3 Å². The van der Waals surface area contributed by atoms with Crippen molar-refractivity contribution >= 4 is 11.8 Å². The predicted octanol–water partition coefficient (Wildman–Crippen LogP) is 1.58. The number of likely N-dealkylation sites (tertiary alicyclic amines) is 1. The van der Waals surface area contributed by atoms with E-state index in [4.69, 9.17) is 5.26 Å². The summed E-state index contributed by atoms with van der Waals surface area (Å²) in [4.78, 5) is 33.9. The van der Waals surface area contributed by atoms with E-state index >= 15 is 0 Å². The average molecular weight is 377 g/mol. The highest BCUT2D eigenvalue weighted by Gasteiger charge is 2.56. The molecule has 0 spiro atoms. The van der Waals surface area contributed by atoms with Crippen LogP contribution in [0.2, 0.25) is 0 Å². The number of aromatic nitrogens is 2. The molecule has 0 bridgehead atoms. The Balaban J connectivity index is 1.26. The molecule has 2 heterocycles. The highest BCUT2D eigenvalue weighted by Crippen LogP contribution is 2.51. The maximum atomic E-state index is 12.8. The Morgan fingerprint density at radius 1 is 1.32 bits per heavy atom. The summed E-state index contributed by atoms with van der Waals surface area (Å²) in [6.45, 7) is 5.91. The van der Waals surface area contributed by atoms with Crippen molar-refractivity contribution in [3.8, 4) is 6.07 Å². The number of aryl methyl sites for hydroxylation is 2. The van der Waals surface area contributed by atoms with E-state index in [1.165, 1.54) is 0 Å². The lowest BCUT2D eigenvalue weighted by atomic mass is 10.0. The number of aromatic amines is 1. The van der Waals surface area contributed by atoms with Gasteiger partial charge in [-0.1, -0.05) is 0 Å². The van der Waals surface area contributed by atoms with E-state index in [0.29, 0.717) is 41.8 Å². The molecular weight excluding hydrogens is 354 g/mol. The van der Waals surface area contributed by atoms with Crippen LogP contribution in [0.3, 0.4) is 0 Å². The Labute approximate surface area is 163 Å². The Hall–Kier alpha value is -3.14. The van der Waals surface area contributed by atoms with Gasteiger partial charge in [0.2, 0.25) is 5.91 Å². The third kappa shape index (κ3) is 3.38. The fourth-order valence-electron chi connectivity index (χ4n) is 4.27. The van der Waals surface area contributed by atoms with Crippen LogP contribution < -0.4 is 5.32 Å². The van der Waals surface area contributed by atoms with Gasteiger partial charge in [0.1, 0.15) is 0 Å². The Kier molecular flexibility index (Phi) is 4.63. The second kappa shape index (κ2) is 7.12. The SMILES string of the molecule is Cc1cc(C#N)ccc1C(=O)N1CC2C(CNC(=O)Cc3nc[nH]c3C)C2C1. The first-order chi connectivity index (χ1) is 13.5. The monoisotopic (exact) mass is 377 g/mol. The minimum Gasteiger partial charge on any atom is -0.355 e. The van der Waals surface area contributed by atoms with Crippen LogP contribution in [0, 0.1) is 42.9 Å². The van der Waals surface area contributed by atoms with Gasteiger partial charge in [-0.2, -0.15) is 5.26 Å². The van der Waals surface area contributed by atoms with Gasteiger partial charge in [0.15, 0.2) is 0 Å². The molecule has 1 saturated carbocycles. The van der Waals surface area contributed by atoms with Gasteiger partial charge in [-0.05, 0) is 55.4 Å². The molecule has 2 amide bonds. The van der Waals surface area contributed by atoms with Gasteiger partial charge in [-0.15, -0.1) is 0 Å². The van der Waals surface area contributed by atoms with Gasteiger partial charge in [-0.25, -0.2) is 4.98 Å². The second-order valence-corrected chi connectivity index (χ2v) is 7.80. The van der Waals surface area contributed by atoms with Crippen molar-refractivity contribution in [1.29, 1.82) is 5.26 Å². The zero-order chi connectivity index (χ0) is 19.8. The summed E-state index contributed by atoms with van der Waals surface area (Å²) in [7, 11) is 0. The van der Waals surface area contributed by atoms with Crippen molar-refractivity contribution in [1.82, 2.24) is 20.2 Å². The number of benzene rings is 1. The Morgan fingerprint density at radius 3 is 2.68 bits per heavy atom. The molecule has 2 unspecified atom stereocenters. The molecule has 2 N–H and O–H groups in total. The molecule has 1 aliphatic carbocycles. The van der Waals surface area contributed by atoms with E-state index in [0.717, 1.165) is 30.0 Å². The summed E-state index contributed by atoms with van der Waals surface area (Å²) < 4.78 is 0. The Bertz CT molecular complexity index is 961. The lowest BCUT2D eigenvalue weighted by Crippen LogP contribution is -2.34. The number of piperidine rings is 1. The van der Waals surface area contributed by atoms with Gasteiger partial charge in [0.25, 0.3) is 5.91 Å². The van der Waals surface area contributed by atoms with Gasteiger partial charge in [0.05, 0.1) is 30.1 Å². The molecule has 2 fully saturated rings. The molecule has 28 heavy (non-hydrogen) atoms. The van der Waals surface area contributed by atoms with Gasteiger partial charge in [0, 0.05) is 30.9 Å². The van der Waals surface area contributed by atoms with E-state index in [1.807, 2.05) is 18.7 Å². The topological polar surface area (TPSA) is 102 Å². The van der Waals surface area contributed by atoms with E-state index < -0.39 is 0 Å². The van der Waals surface area contributed by atoms with Crippen molar-refractivity contribution in [2.45, 2.75) is 20.3 Å². The van der Waals surface area contributed by atoms with Gasteiger partial charge >= 0.3 is 0 Å². The lowest BCUT2D eigenvalue weighted by molar-refractivity contribution is -0.120. The minimum atomic E-state index is -0.0127. The maximum Gasteiger partial charge on any atom is 0.254 e. The fraction of sp³-hybridized carbons (Fsp3) is 0.429. The van der Waals surface area contributed by atoms with Crippen LogP contribution in [0.25, 0.3) is 0 Å². The molecule has 1 aromatic carbocycles. The summed E-state index contributed by atoms with van der Waals surface area (Å²) in [5, 5.41) is 12.0. The summed E-state index contributed by atoms with van der Waals surface area (Å²) >= 11 is 0. The number of H-pyrrole nitrogens is 1.